The van der Waals surface area contributed by atoms with Gasteiger partial charge in [-0.05, 0) is 32.4 Å². The maximum absolute atomic E-state index is 10.3. The van der Waals surface area contributed by atoms with Gasteiger partial charge >= 0.3 is 0 Å². The molecule has 3 N–H and O–H groups in total. The van der Waals surface area contributed by atoms with Gasteiger partial charge in [-0.15, -0.1) is 0 Å². The number of rotatable bonds is 9. The fraction of sp³-hybridized carbons (Fsp3) is 0.667. The number of nitrogens with one attached hydrogen (secondary N) is 2. The summed E-state index contributed by atoms with van der Waals surface area (Å²) in [7, 11) is 0. The lowest BCUT2D eigenvalue weighted by Crippen LogP contribution is -2.50. The molecule has 152 valence electrons. The van der Waals surface area contributed by atoms with Crippen LogP contribution in [0.3, 0.4) is 0 Å². The Balaban J connectivity index is 1.76. The lowest BCUT2D eigenvalue weighted by molar-refractivity contribution is 0.109. The molecule has 2 rings (SSSR count). The normalized spacial score (nSPS) is 18.9. The summed E-state index contributed by atoms with van der Waals surface area (Å²) < 4.78 is 0. The zero-order valence-electron chi connectivity index (χ0n) is 17.2. The van der Waals surface area contributed by atoms with Crippen LogP contribution in [0.1, 0.15) is 38.9 Å². The minimum atomic E-state index is -0.449. The molecule has 0 radical (unpaired) electrons. The van der Waals surface area contributed by atoms with Gasteiger partial charge in [0.1, 0.15) is 0 Å². The molecule has 1 fully saturated rings. The number of hydrogen-bond acceptors (Lipinski definition) is 4. The number of nitrogens with zero attached hydrogens (tertiary/aromatic N) is 3. The van der Waals surface area contributed by atoms with Crippen LogP contribution in [0.25, 0.3) is 0 Å². The second kappa shape index (κ2) is 12.0. The topological polar surface area (TPSA) is 63.1 Å². The van der Waals surface area contributed by atoms with Crippen molar-refractivity contribution in [2.24, 2.45) is 4.99 Å². The van der Waals surface area contributed by atoms with E-state index in [1.165, 1.54) is 0 Å². The molecule has 27 heavy (non-hydrogen) atoms. The largest absolute Gasteiger partial charge is 0.388 e. The number of aliphatic hydroxyl groups excluding tert-OH is 1. The molecule has 1 saturated heterocycles. The summed E-state index contributed by atoms with van der Waals surface area (Å²) in [5.41, 5.74) is 0.959. The van der Waals surface area contributed by atoms with Crippen molar-refractivity contribution >= 4 is 5.96 Å². The molecule has 0 aliphatic carbocycles. The molecule has 2 atom stereocenters. The van der Waals surface area contributed by atoms with Gasteiger partial charge in [0.15, 0.2) is 5.96 Å². The van der Waals surface area contributed by atoms with Crippen LogP contribution in [-0.2, 0) is 0 Å². The summed E-state index contributed by atoms with van der Waals surface area (Å²) in [4.78, 5) is 9.78. The second-order valence-corrected chi connectivity index (χ2v) is 7.18. The average molecular weight is 376 g/mol. The number of aliphatic hydroxyl groups is 1. The summed E-state index contributed by atoms with van der Waals surface area (Å²) in [6, 6.07) is 10.2. The first-order chi connectivity index (χ1) is 13.1. The van der Waals surface area contributed by atoms with Crippen molar-refractivity contribution < 1.29 is 5.11 Å². The van der Waals surface area contributed by atoms with Gasteiger partial charge < -0.3 is 20.6 Å². The number of benzene rings is 1. The van der Waals surface area contributed by atoms with Crippen LogP contribution in [0, 0.1) is 0 Å². The Labute approximate surface area is 164 Å². The predicted molar refractivity (Wildman–Crippen MR) is 113 cm³/mol. The second-order valence-electron chi connectivity index (χ2n) is 7.18. The highest BCUT2D eigenvalue weighted by molar-refractivity contribution is 5.79. The monoisotopic (exact) mass is 375 g/mol. The average Bonchev–Trinajstić information content (AvgIpc) is 2.72. The molecule has 1 aliphatic rings. The molecule has 0 spiro atoms. The Hall–Kier alpha value is -1.63. The van der Waals surface area contributed by atoms with Gasteiger partial charge in [0.05, 0.1) is 12.6 Å². The molecule has 1 aromatic carbocycles. The Morgan fingerprint density at radius 3 is 2.44 bits per heavy atom. The van der Waals surface area contributed by atoms with Gasteiger partial charge in [-0.1, -0.05) is 37.3 Å². The zero-order valence-corrected chi connectivity index (χ0v) is 17.2. The van der Waals surface area contributed by atoms with E-state index in [0.29, 0.717) is 19.0 Å². The summed E-state index contributed by atoms with van der Waals surface area (Å²) in [6.07, 6.45) is 0.207. The summed E-state index contributed by atoms with van der Waals surface area (Å²) in [5, 5.41) is 16.9. The first-order valence-corrected chi connectivity index (χ1v) is 10.4. The van der Waals surface area contributed by atoms with E-state index in [2.05, 4.69) is 41.2 Å². The third-order valence-corrected chi connectivity index (χ3v) is 5.23. The van der Waals surface area contributed by atoms with Gasteiger partial charge in [0.2, 0.25) is 0 Å². The summed E-state index contributed by atoms with van der Waals surface area (Å²) in [6.45, 7) is 14.5. The smallest absolute Gasteiger partial charge is 0.191 e. The molecule has 6 nitrogen and oxygen atoms in total. The number of guanidine groups is 1. The van der Waals surface area contributed by atoms with Crippen molar-refractivity contribution in [3.63, 3.8) is 0 Å². The van der Waals surface area contributed by atoms with Crippen molar-refractivity contribution in [2.75, 3.05) is 52.4 Å². The van der Waals surface area contributed by atoms with E-state index in [4.69, 9.17) is 4.99 Å². The van der Waals surface area contributed by atoms with Crippen molar-refractivity contribution in [3.8, 4) is 0 Å². The highest BCUT2D eigenvalue weighted by Gasteiger charge is 2.19. The summed E-state index contributed by atoms with van der Waals surface area (Å²) in [5.74, 6) is 0.830. The van der Waals surface area contributed by atoms with Crippen molar-refractivity contribution in [3.05, 3.63) is 35.9 Å². The van der Waals surface area contributed by atoms with E-state index in [0.717, 1.165) is 57.3 Å². The van der Waals surface area contributed by atoms with Gasteiger partial charge in [-0.2, -0.15) is 0 Å². The van der Waals surface area contributed by atoms with Crippen LogP contribution in [0.15, 0.2) is 35.3 Å². The minimum absolute atomic E-state index is 0.439. The minimum Gasteiger partial charge on any atom is -0.388 e. The lowest BCUT2D eigenvalue weighted by atomic mass is 10.1. The van der Waals surface area contributed by atoms with Crippen molar-refractivity contribution in [1.82, 2.24) is 20.4 Å². The number of aliphatic imine (C=N–C) groups is 1. The van der Waals surface area contributed by atoms with E-state index >= 15 is 0 Å². The highest BCUT2D eigenvalue weighted by Crippen LogP contribution is 2.14. The molecule has 2 unspecified atom stereocenters. The van der Waals surface area contributed by atoms with Crippen molar-refractivity contribution in [1.29, 1.82) is 0 Å². The number of likely N-dealkylation sites (N-methyl/N-ethyl adjacent to an activating group) is 1. The van der Waals surface area contributed by atoms with Crippen molar-refractivity contribution in [2.45, 2.75) is 39.3 Å². The van der Waals surface area contributed by atoms with Gasteiger partial charge in [-0.25, -0.2) is 0 Å². The predicted octanol–water partition coefficient (Wildman–Crippen LogP) is 1.69. The van der Waals surface area contributed by atoms with Crippen LogP contribution in [0.2, 0.25) is 0 Å². The van der Waals surface area contributed by atoms with Crippen LogP contribution in [0.4, 0.5) is 0 Å². The van der Waals surface area contributed by atoms with Crippen LogP contribution in [0.5, 0.6) is 0 Å². The summed E-state index contributed by atoms with van der Waals surface area (Å²) >= 11 is 0. The fourth-order valence-corrected chi connectivity index (χ4v) is 3.37. The molecular weight excluding hydrogens is 338 g/mol. The first kappa shape index (κ1) is 21.7. The molecule has 1 heterocycles. The molecule has 0 amide bonds. The number of hydrogen-bond donors (Lipinski definition) is 3. The van der Waals surface area contributed by atoms with E-state index < -0.39 is 6.10 Å². The Morgan fingerprint density at radius 1 is 1.11 bits per heavy atom. The van der Waals surface area contributed by atoms with Crippen LogP contribution >= 0.6 is 0 Å². The van der Waals surface area contributed by atoms with Crippen LogP contribution in [-0.4, -0.2) is 79.3 Å². The standard InChI is InChI=1S/C21H37N5O/c1-4-22-21(23-12-11-20(27)19-9-7-6-8-10-19)24-17-18(3)26-15-13-25(5-2)14-16-26/h6-10,18,20,27H,4-5,11-17H2,1-3H3,(H2,22,23,24). The van der Waals surface area contributed by atoms with E-state index in [1.54, 1.807) is 0 Å². The van der Waals surface area contributed by atoms with E-state index in [-0.39, 0.29) is 0 Å². The Morgan fingerprint density at radius 2 is 1.81 bits per heavy atom. The van der Waals surface area contributed by atoms with E-state index in [1.807, 2.05) is 30.3 Å². The zero-order chi connectivity index (χ0) is 19.5. The third-order valence-electron chi connectivity index (χ3n) is 5.23. The van der Waals surface area contributed by atoms with Gasteiger partial charge in [-0.3, -0.25) is 9.89 Å². The fourth-order valence-electron chi connectivity index (χ4n) is 3.37. The Bertz CT molecular complexity index is 543. The molecule has 0 bridgehead atoms. The molecule has 1 aliphatic heterocycles. The van der Waals surface area contributed by atoms with Crippen LogP contribution < -0.4 is 10.6 Å². The van der Waals surface area contributed by atoms with E-state index in [9.17, 15) is 5.11 Å². The molecule has 1 aromatic rings. The molecular formula is C21H37N5O. The maximum atomic E-state index is 10.3. The molecule has 6 heteroatoms. The van der Waals surface area contributed by atoms with Gasteiger partial charge in [0, 0.05) is 45.3 Å². The SMILES string of the molecule is CCNC(=NCC(C)N1CCN(CC)CC1)NCCC(O)c1ccccc1. The Kier molecular flexibility index (Phi) is 9.59. The van der Waals surface area contributed by atoms with Gasteiger partial charge in [0.25, 0.3) is 0 Å². The third kappa shape index (κ3) is 7.48. The number of piperazine rings is 1. The highest BCUT2D eigenvalue weighted by atomic mass is 16.3. The lowest BCUT2D eigenvalue weighted by Gasteiger charge is -2.37. The molecule has 0 aromatic heterocycles. The molecule has 0 saturated carbocycles. The first-order valence-electron chi connectivity index (χ1n) is 10.4. The maximum Gasteiger partial charge on any atom is 0.191 e. The quantitative estimate of drug-likeness (QED) is 0.453.